The van der Waals surface area contributed by atoms with E-state index < -0.39 is 22.8 Å². The molecule has 7 heteroatoms. The van der Waals surface area contributed by atoms with Crippen molar-refractivity contribution in [1.82, 2.24) is 10.2 Å². The van der Waals surface area contributed by atoms with Crippen LogP contribution in [0.5, 0.6) is 0 Å². The van der Waals surface area contributed by atoms with Gasteiger partial charge in [-0.2, -0.15) is 0 Å². The Balaban J connectivity index is 2.21. The summed E-state index contributed by atoms with van der Waals surface area (Å²) in [5.41, 5.74) is 0. The average molecular weight is 272 g/mol. The van der Waals surface area contributed by atoms with Crippen LogP contribution in [0.3, 0.4) is 0 Å². The molecule has 0 aliphatic carbocycles. The number of methoxy groups -OCH3 is 1. The molecule has 0 spiro atoms. The van der Waals surface area contributed by atoms with E-state index in [4.69, 9.17) is 4.74 Å². The number of carbonyl (C=O) groups excluding carboxylic acids is 3. The summed E-state index contributed by atoms with van der Waals surface area (Å²) in [6.07, 6.45) is 0. The predicted octanol–water partition coefficient (Wildman–Crippen LogP) is -0.274. The van der Waals surface area contributed by atoms with E-state index in [1.54, 1.807) is 0 Å². The summed E-state index contributed by atoms with van der Waals surface area (Å²) in [4.78, 5) is 36.3. The molecule has 0 aromatic rings. The lowest BCUT2D eigenvalue weighted by atomic mass is 9.96. The van der Waals surface area contributed by atoms with Gasteiger partial charge in [-0.25, -0.2) is 4.79 Å². The molecule has 2 fully saturated rings. The molecule has 3 atom stereocenters. The molecule has 2 amide bonds. The minimum absolute atomic E-state index is 0.180. The minimum atomic E-state index is -0.588. The fraction of sp³-hybridized carbons (Fsp3) is 0.727. The average Bonchev–Trinajstić information content (AvgIpc) is 2.54. The van der Waals surface area contributed by atoms with E-state index in [-0.39, 0.29) is 17.2 Å². The Morgan fingerprint density at radius 1 is 1.44 bits per heavy atom. The number of nitrogens with one attached hydrogen (secondary N) is 1. The van der Waals surface area contributed by atoms with Crippen molar-refractivity contribution in [1.29, 1.82) is 0 Å². The van der Waals surface area contributed by atoms with E-state index in [2.05, 4.69) is 5.32 Å². The number of carbonyl (C=O) groups is 3. The molecule has 0 radical (unpaired) electrons. The third-order valence-electron chi connectivity index (χ3n) is 3.22. The van der Waals surface area contributed by atoms with E-state index in [1.165, 1.54) is 30.7 Å². The smallest absolute Gasteiger partial charge is 0.330 e. The Labute approximate surface area is 109 Å². The molecule has 100 valence electrons. The Morgan fingerprint density at radius 3 is 2.56 bits per heavy atom. The zero-order valence-corrected chi connectivity index (χ0v) is 11.5. The van der Waals surface area contributed by atoms with Crippen LogP contribution in [-0.4, -0.2) is 52.0 Å². The Hall–Kier alpha value is -1.24. The Bertz CT molecular complexity index is 423. The first-order chi connectivity index (χ1) is 8.29. The lowest BCUT2D eigenvalue weighted by Crippen LogP contribution is -2.70. The van der Waals surface area contributed by atoms with E-state index in [9.17, 15) is 14.4 Å². The molecule has 2 heterocycles. The van der Waals surface area contributed by atoms with Crippen LogP contribution in [0, 0.1) is 0 Å². The minimum Gasteiger partial charge on any atom is -0.467 e. The van der Waals surface area contributed by atoms with Crippen molar-refractivity contribution >= 4 is 29.5 Å². The predicted molar refractivity (Wildman–Crippen MR) is 65.7 cm³/mol. The molecule has 2 rings (SSSR count). The molecule has 6 nitrogen and oxygen atoms in total. The summed E-state index contributed by atoms with van der Waals surface area (Å²) < 4.78 is 4.34. The van der Waals surface area contributed by atoms with Gasteiger partial charge in [0, 0.05) is 11.7 Å². The fourth-order valence-electron chi connectivity index (χ4n) is 2.46. The van der Waals surface area contributed by atoms with Gasteiger partial charge in [-0.05, 0) is 13.8 Å². The number of β-lactam (4-membered cyclic amide) rings is 1. The van der Waals surface area contributed by atoms with E-state index in [0.29, 0.717) is 0 Å². The molecule has 0 bridgehead atoms. The van der Waals surface area contributed by atoms with Crippen LogP contribution >= 0.6 is 11.8 Å². The highest BCUT2D eigenvalue weighted by molar-refractivity contribution is 8.01. The number of hydrogen-bond donors (Lipinski definition) is 1. The van der Waals surface area contributed by atoms with E-state index in [0.717, 1.165) is 0 Å². The largest absolute Gasteiger partial charge is 0.467 e. The second-order valence-corrected chi connectivity index (χ2v) is 6.73. The number of amides is 2. The first kappa shape index (κ1) is 13.2. The van der Waals surface area contributed by atoms with Gasteiger partial charge < -0.3 is 15.0 Å². The van der Waals surface area contributed by atoms with Crippen LogP contribution in [0.25, 0.3) is 0 Å². The number of ether oxygens (including phenoxy) is 1. The zero-order chi connectivity index (χ0) is 13.7. The molecule has 0 aromatic carbocycles. The van der Waals surface area contributed by atoms with E-state index >= 15 is 0 Å². The van der Waals surface area contributed by atoms with Crippen LogP contribution < -0.4 is 5.32 Å². The first-order valence-corrected chi connectivity index (χ1v) is 6.52. The maximum absolute atomic E-state index is 12.0. The molecule has 2 aliphatic heterocycles. The van der Waals surface area contributed by atoms with Gasteiger partial charge >= 0.3 is 5.97 Å². The SMILES string of the molecule is COC(=O)[C@H]1N2C(=O)[C@@H](NC(C)=O)[C@H]2SC1(C)C. The molecular weight excluding hydrogens is 256 g/mol. The van der Waals surface area contributed by atoms with Crippen molar-refractivity contribution in [3.63, 3.8) is 0 Å². The Morgan fingerprint density at radius 2 is 2.06 bits per heavy atom. The Kier molecular flexibility index (Phi) is 3.04. The summed E-state index contributed by atoms with van der Waals surface area (Å²) in [6.45, 7) is 5.17. The van der Waals surface area contributed by atoms with Gasteiger partial charge in [0.15, 0.2) is 0 Å². The molecule has 0 unspecified atom stereocenters. The number of nitrogens with zero attached hydrogens (tertiary/aromatic N) is 1. The van der Waals surface area contributed by atoms with Gasteiger partial charge in [0.05, 0.1) is 7.11 Å². The molecule has 0 saturated carbocycles. The molecule has 0 aromatic heterocycles. The summed E-state index contributed by atoms with van der Waals surface area (Å²) in [7, 11) is 1.31. The highest BCUT2D eigenvalue weighted by atomic mass is 32.2. The topological polar surface area (TPSA) is 75.7 Å². The van der Waals surface area contributed by atoms with Crippen LogP contribution in [0.2, 0.25) is 0 Å². The fourth-order valence-corrected chi connectivity index (χ4v) is 4.08. The van der Waals surface area contributed by atoms with Crippen LogP contribution in [0.1, 0.15) is 20.8 Å². The van der Waals surface area contributed by atoms with Gasteiger partial charge in [-0.1, -0.05) is 0 Å². The van der Waals surface area contributed by atoms with Crippen molar-refractivity contribution in [3.05, 3.63) is 0 Å². The highest BCUT2D eigenvalue weighted by Gasteiger charge is 2.64. The second kappa shape index (κ2) is 4.15. The third kappa shape index (κ3) is 1.77. The monoisotopic (exact) mass is 272 g/mol. The summed E-state index contributed by atoms with van der Waals surface area (Å²) in [6, 6.07) is -1.11. The van der Waals surface area contributed by atoms with Crippen molar-refractivity contribution in [2.24, 2.45) is 0 Å². The number of hydrogen-bond acceptors (Lipinski definition) is 5. The van der Waals surface area contributed by atoms with Crippen molar-refractivity contribution in [2.45, 2.75) is 43.0 Å². The maximum Gasteiger partial charge on any atom is 0.330 e. The molecule has 2 aliphatic rings. The van der Waals surface area contributed by atoms with Crippen molar-refractivity contribution in [2.75, 3.05) is 7.11 Å². The molecular formula is C11H16N2O4S. The van der Waals surface area contributed by atoms with Gasteiger partial charge in [0.2, 0.25) is 11.8 Å². The number of thioether (sulfide) groups is 1. The normalized spacial score (nSPS) is 32.6. The second-order valence-electron chi connectivity index (χ2n) is 4.96. The first-order valence-electron chi connectivity index (χ1n) is 5.64. The van der Waals surface area contributed by atoms with Crippen molar-refractivity contribution < 1.29 is 19.1 Å². The number of rotatable bonds is 2. The van der Waals surface area contributed by atoms with Gasteiger partial charge in [-0.15, -0.1) is 11.8 Å². The molecule has 2 saturated heterocycles. The summed E-state index contributed by atoms with van der Waals surface area (Å²) in [5, 5.41) is 2.43. The quantitative estimate of drug-likeness (QED) is 0.553. The van der Waals surface area contributed by atoms with Crippen LogP contribution in [-0.2, 0) is 19.1 Å². The standard InChI is InChI=1S/C11H16N2O4S/c1-5(14)12-6-8(15)13-7(10(16)17-4)11(2,3)18-9(6)13/h6-7,9H,1-4H3,(H,12,14)/t6-,7-,9-/m1/s1. The van der Waals surface area contributed by atoms with Gasteiger partial charge in [0.25, 0.3) is 0 Å². The number of fused-ring (bicyclic) bond motifs is 1. The van der Waals surface area contributed by atoms with Crippen LogP contribution in [0.4, 0.5) is 0 Å². The van der Waals surface area contributed by atoms with Gasteiger partial charge in [0.1, 0.15) is 17.5 Å². The highest BCUT2D eigenvalue weighted by Crippen LogP contribution is 2.50. The lowest BCUT2D eigenvalue weighted by Gasteiger charge is -2.43. The third-order valence-corrected chi connectivity index (χ3v) is 4.80. The number of esters is 1. The zero-order valence-electron chi connectivity index (χ0n) is 10.7. The molecule has 18 heavy (non-hydrogen) atoms. The maximum atomic E-state index is 12.0. The molecule has 1 N–H and O–H groups in total. The van der Waals surface area contributed by atoms with E-state index in [1.807, 2.05) is 13.8 Å². The van der Waals surface area contributed by atoms with Crippen molar-refractivity contribution in [3.8, 4) is 0 Å². The van der Waals surface area contributed by atoms with Crippen LogP contribution in [0.15, 0.2) is 0 Å². The summed E-state index contributed by atoms with van der Waals surface area (Å²) in [5.74, 6) is -0.874. The van der Waals surface area contributed by atoms with Gasteiger partial charge in [-0.3, -0.25) is 9.59 Å². The summed E-state index contributed by atoms with van der Waals surface area (Å²) >= 11 is 1.51. The lowest BCUT2D eigenvalue weighted by molar-refractivity contribution is -0.162.